The number of nitrogens with zero attached hydrogens (tertiary/aromatic N) is 4. The molecule has 1 aliphatic heterocycles. The molecule has 1 saturated heterocycles. The average Bonchev–Trinajstić information content (AvgIpc) is 3.40. The highest BCUT2D eigenvalue weighted by Gasteiger charge is 2.29. The van der Waals surface area contributed by atoms with Gasteiger partial charge in [-0.1, -0.05) is 23.2 Å². The molecule has 3 heterocycles. The molecule has 11 heteroatoms. The summed E-state index contributed by atoms with van der Waals surface area (Å²) in [6.07, 6.45) is 5.16. The third-order valence-corrected chi connectivity index (χ3v) is 5.82. The standard InChI is InChI=1S/C21H20Cl2N6O3/c1-28-10-13(9-26-28)12-6-16(19(24)25-8-12)20(30)27-14-4-5-29(11-14)21(31)32-15-2-3-17(22)18(23)7-15/h2-3,6-10,14H,4-5,11H2,1H3,(H2,24,25)(H,27,30)/t14-/m1/s1. The fourth-order valence-electron chi connectivity index (χ4n) is 3.40. The lowest BCUT2D eigenvalue weighted by molar-refractivity contribution is 0.0937. The highest BCUT2D eigenvalue weighted by molar-refractivity contribution is 6.42. The molecule has 3 aromatic rings. The third-order valence-electron chi connectivity index (χ3n) is 5.08. The topological polar surface area (TPSA) is 115 Å². The molecule has 0 saturated carbocycles. The van der Waals surface area contributed by atoms with Gasteiger partial charge in [-0.2, -0.15) is 5.10 Å². The SMILES string of the molecule is Cn1cc(-c2cnc(N)c(C(=O)N[C@@H]3CCN(C(=O)Oc4ccc(Cl)c(Cl)c4)C3)c2)cn1. The van der Waals surface area contributed by atoms with Gasteiger partial charge in [-0.05, 0) is 24.6 Å². The summed E-state index contributed by atoms with van der Waals surface area (Å²) in [5.41, 5.74) is 7.76. The van der Waals surface area contributed by atoms with Gasteiger partial charge in [-0.25, -0.2) is 9.78 Å². The first-order valence-electron chi connectivity index (χ1n) is 9.77. The number of anilines is 1. The molecule has 166 valence electrons. The number of aryl methyl sites for hydroxylation is 1. The number of hydrogen-bond acceptors (Lipinski definition) is 6. The van der Waals surface area contributed by atoms with Crippen molar-refractivity contribution >= 4 is 41.0 Å². The average molecular weight is 475 g/mol. The van der Waals surface area contributed by atoms with E-state index in [0.717, 1.165) is 11.1 Å². The molecule has 9 nitrogen and oxygen atoms in total. The number of carbonyl (C=O) groups excluding carboxylic acids is 2. The molecule has 2 amide bonds. The molecule has 0 bridgehead atoms. The van der Waals surface area contributed by atoms with Crippen LogP contribution in [0.25, 0.3) is 11.1 Å². The molecule has 1 aromatic carbocycles. The molecular formula is C21H20Cl2N6O3. The smallest absolute Gasteiger partial charge is 0.410 e. The van der Waals surface area contributed by atoms with E-state index >= 15 is 0 Å². The number of amides is 2. The van der Waals surface area contributed by atoms with Crippen molar-refractivity contribution in [3.63, 3.8) is 0 Å². The molecule has 0 aliphatic carbocycles. The highest BCUT2D eigenvalue weighted by atomic mass is 35.5. The zero-order chi connectivity index (χ0) is 22.8. The maximum absolute atomic E-state index is 12.8. The molecule has 3 N–H and O–H groups in total. The lowest BCUT2D eigenvalue weighted by Gasteiger charge is -2.17. The molecular weight excluding hydrogens is 455 g/mol. The number of rotatable bonds is 4. The van der Waals surface area contributed by atoms with Crippen LogP contribution >= 0.6 is 23.2 Å². The van der Waals surface area contributed by atoms with E-state index in [2.05, 4.69) is 15.4 Å². The van der Waals surface area contributed by atoms with E-state index in [4.69, 9.17) is 33.7 Å². The zero-order valence-electron chi connectivity index (χ0n) is 17.1. The quantitative estimate of drug-likeness (QED) is 0.598. The predicted octanol–water partition coefficient (Wildman–Crippen LogP) is 3.37. The minimum atomic E-state index is -0.528. The molecule has 32 heavy (non-hydrogen) atoms. The van der Waals surface area contributed by atoms with Crippen molar-refractivity contribution in [2.45, 2.75) is 12.5 Å². The Morgan fingerprint density at radius 3 is 2.72 bits per heavy atom. The summed E-state index contributed by atoms with van der Waals surface area (Å²) >= 11 is 11.8. The largest absolute Gasteiger partial charge is 0.415 e. The van der Waals surface area contributed by atoms with Gasteiger partial charge in [0.15, 0.2) is 0 Å². The van der Waals surface area contributed by atoms with E-state index in [-0.39, 0.29) is 23.3 Å². The summed E-state index contributed by atoms with van der Waals surface area (Å²) < 4.78 is 7.01. The number of benzene rings is 1. The van der Waals surface area contributed by atoms with Crippen molar-refractivity contribution in [1.82, 2.24) is 25.0 Å². The molecule has 1 atom stereocenters. The number of likely N-dealkylation sites (tertiary alicyclic amines) is 1. The van der Waals surface area contributed by atoms with Gasteiger partial charge in [0.05, 0.1) is 21.8 Å². The van der Waals surface area contributed by atoms with Gasteiger partial charge < -0.3 is 20.7 Å². The number of nitrogens with two attached hydrogens (primary N) is 1. The normalized spacial score (nSPS) is 15.6. The lowest BCUT2D eigenvalue weighted by atomic mass is 10.1. The van der Waals surface area contributed by atoms with E-state index in [9.17, 15) is 9.59 Å². The Bertz CT molecular complexity index is 1180. The van der Waals surface area contributed by atoms with Gasteiger partial charge in [0.2, 0.25) is 0 Å². The number of aromatic nitrogens is 3. The van der Waals surface area contributed by atoms with E-state index in [1.54, 1.807) is 42.3 Å². The van der Waals surface area contributed by atoms with Crippen LogP contribution in [0.1, 0.15) is 16.8 Å². The number of nitrogen functional groups attached to an aromatic ring is 1. The van der Waals surface area contributed by atoms with Crippen LogP contribution in [-0.2, 0) is 7.05 Å². The van der Waals surface area contributed by atoms with Crippen LogP contribution in [0.15, 0.2) is 42.9 Å². The minimum absolute atomic E-state index is 0.129. The maximum Gasteiger partial charge on any atom is 0.415 e. The second-order valence-corrected chi connectivity index (χ2v) is 8.22. The Kier molecular flexibility index (Phi) is 6.20. The van der Waals surface area contributed by atoms with Crippen molar-refractivity contribution in [2.24, 2.45) is 7.05 Å². The summed E-state index contributed by atoms with van der Waals surface area (Å²) in [7, 11) is 1.81. The predicted molar refractivity (Wildman–Crippen MR) is 121 cm³/mol. The Labute approximate surface area is 194 Å². The molecule has 0 unspecified atom stereocenters. The number of halogens is 2. The first kappa shape index (κ1) is 21.9. The highest BCUT2D eigenvalue weighted by Crippen LogP contribution is 2.27. The summed E-state index contributed by atoms with van der Waals surface area (Å²) in [6.45, 7) is 0.746. The van der Waals surface area contributed by atoms with E-state index in [1.165, 1.54) is 11.0 Å². The van der Waals surface area contributed by atoms with Gasteiger partial charge in [0.25, 0.3) is 5.91 Å². The van der Waals surface area contributed by atoms with Crippen molar-refractivity contribution in [2.75, 3.05) is 18.8 Å². The first-order chi connectivity index (χ1) is 15.3. The first-order valence-corrected chi connectivity index (χ1v) is 10.5. The number of carbonyl (C=O) groups is 2. The second kappa shape index (κ2) is 9.05. The minimum Gasteiger partial charge on any atom is -0.410 e. The molecule has 1 aliphatic rings. The Balaban J connectivity index is 1.38. The molecule has 1 fully saturated rings. The van der Waals surface area contributed by atoms with Gasteiger partial charge in [-0.15, -0.1) is 0 Å². The van der Waals surface area contributed by atoms with Gasteiger partial charge in [0.1, 0.15) is 11.6 Å². The number of pyridine rings is 1. The van der Waals surface area contributed by atoms with E-state index in [1.807, 2.05) is 6.20 Å². The molecule has 0 radical (unpaired) electrons. The van der Waals surface area contributed by atoms with Crippen LogP contribution in [-0.4, -0.2) is 50.8 Å². The van der Waals surface area contributed by atoms with E-state index in [0.29, 0.717) is 35.3 Å². The van der Waals surface area contributed by atoms with Crippen LogP contribution in [0.4, 0.5) is 10.6 Å². The second-order valence-electron chi connectivity index (χ2n) is 7.41. The fourth-order valence-corrected chi connectivity index (χ4v) is 3.69. The lowest BCUT2D eigenvalue weighted by Crippen LogP contribution is -2.39. The molecule has 2 aromatic heterocycles. The fraction of sp³-hybridized carbons (Fsp3) is 0.238. The maximum atomic E-state index is 12.8. The Morgan fingerprint density at radius 1 is 1.19 bits per heavy atom. The molecule has 0 spiro atoms. The number of nitrogens with one attached hydrogen (secondary N) is 1. The van der Waals surface area contributed by atoms with Gasteiger partial charge >= 0.3 is 6.09 Å². The van der Waals surface area contributed by atoms with Crippen molar-refractivity contribution in [1.29, 1.82) is 0 Å². The van der Waals surface area contributed by atoms with Crippen LogP contribution in [0.3, 0.4) is 0 Å². The number of hydrogen-bond donors (Lipinski definition) is 2. The van der Waals surface area contributed by atoms with Crippen LogP contribution in [0.2, 0.25) is 10.0 Å². The Morgan fingerprint density at radius 2 is 2.00 bits per heavy atom. The summed E-state index contributed by atoms with van der Waals surface area (Å²) in [5.74, 6) is 0.0670. The van der Waals surface area contributed by atoms with Crippen molar-refractivity contribution in [3.8, 4) is 16.9 Å². The van der Waals surface area contributed by atoms with E-state index < -0.39 is 6.09 Å². The Hall–Kier alpha value is -3.30. The molecule has 4 rings (SSSR count). The summed E-state index contributed by atoms with van der Waals surface area (Å²) in [6, 6.07) is 6.02. The summed E-state index contributed by atoms with van der Waals surface area (Å²) in [5, 5.41) is 7.71. The van der Waals surface area contributed by atoms with Crippen molar-refractivity contribution in [3.05, 3.63) is 58.5 Å². The summed E-state index contributed by atoms with van der Waals surface area (Å²) in [4.78, 5) is 30.9. The number of ether oxygens (including phenoxy) is 1. The van der Waals surface area contributed by atoms with Crippen LogP contribution in [0, 0.1) is 0 Å². The van der Waals surface area contributed by atoms with Crippen LogP contribution < -0.4 is 15.8 Å². The van der Waals surface area contributed by atoms with Crippen LogP contribution in [0.5, 0.6) is 5.75 Å². The monoisotopic (exact) mass is 474 g/mol. The third kappa shape index (κ3) is 4.79. The van der Waals surface area contributed by atoms with Crippen molar-refractivity contribution < 1.29 is 14.3 Å². The van der Waals surface area contributed by atoms with Gasteiger partial charge in [-0.3, -0.25) is 9.48 Å². The zero-order valence-corrected chi connectivity index (χ0v) is 18.6. The van der Waals surface area contributed by atoms with Gasteiger partial charge in [0, 0.05) is 55.8 Å².